The van der Waals surface area contributed by atoms with Gasteiger partial charge in [-0.2, -0.15) is 11.8 Å². The van der Waals surface area contributed by atoms with Gasteiger partial charge >= 0.3 is 0 Å². The minimum Gasteiger partial charge on any atom is -0.383 e. The predicted octanol–water partition coefficient (Wildman–Crippen LogP) is 2.22. The third kappa shape index (κ3) is 2.57. The van der Waals surface area contributed by atoms with Gasteiger partial charge < -0.3 is 5.73 Å². The number of nitrogens with zero attached hydrogens (tertiary/aromatic N) is 1. The molecule has 0 radical (unpaired) electrons. The molecule has 2 N–H and O–H groups in total. The molecule has 0 aliphatic rings. The van der Waals surface area contributed by atoms with Gasteiger partial charge in [-0.25, -0.2) is 4.98 Å². The normalized spacial score (nSPS) is 10.2. The molecule has 0 aliphatic heterocycles. The van der Waals surface area contributed by atoms with Gasteiger partial charge in [-0.15, -0.1) is 0 Å². The van der Waals surface area contributed by atoms with Gasteiger partial charge in [0, 0.05) is 6.20 Å². The number of aryl methyl sites for hydroxylation is 1. The molecule has 0 atom stereocenters. The molecule has 0 amide bonds. The molecule has 1 aromatic rings. The maximum absolute atomic E-state index is 5.77. The summed E-state index contributed by atoms with van der Waals surface area (Å²) in [7, 11) is 0. The van der Waals surface area contributed by atoms with Crippen molar-refractivity contribution in [3.8, 4) is 0 Å². The lowest BCUT2D eigenvalue weighted by atomic mass is 10.2. The van der Waals surface area contributed by atoms with Crippen LogP contribution in [0, 0.1) is 0 Å². The van der Waals surface area contributed by atoms with Crippen LogP contribution in [0.15, 0.2) is 12.3 Å². The summed E-state index contributed by atoms with van der Waals surface area (Å²) in [5.74, 6) is 1.64. The zero-order valence-electron chi connectivity index (χ0n) is 6.88. The van der Waals surface area contributed by atoms with Crippen molar-refractivity contribution in [3.63, 3.8) is 0 Å². The Hall–Kier alpha value is -0.410. The minimum absolute atomic E-state index is 0.591. The van der Waals surface area contributed by atoms with Crippen molar-refractivity contribution in [3.05, 3.63) is 22.8 Å². The van der Waals surface area contributed by atoms with Gasteiger partial charge in [-0.1, -0.05) is 11.6 Å². The standard InChI is InChI=1S/C8H11ClN2S/c1-12-3-2-6-4-7(9)5-11-8(6)10/h4-5H,2-3H2,1H3,(H2,10,11). The average Bonchev–Trinajstić information content (AvgIpc) is 2.07. The van der Waals surface area contributed by atoms with Crippen LogP contribution in [-0.2, 0) is 6.42 Å². The number of pyridine rings is 1. The second-order valence-corrected chi connectivity index (χ2v) is 3.86. The van der Waals surface area contributed by atoms with Gasteiger partial charge in [0.25, 0.3) is 0 Å². The third-order valence-corrected chi connectivity index (χ3v) is 2.36. The van der Waals surface area contributed by atoms with Crippen LogP contribution >= 0.6 is 23.4 Å². The van der Waals surface area contributed by atoms with E-state index in [0.717, 1.165) is 17.7 Å². The molecule has 1 rings (SSSR count). The molecule has 1 aromatic heterocycles. The van der Waals surface area contributed by atoms with Gasteiger partial charge in [0.15, 0.2) is 0 Å². The molecule has 0 saturated carbocycles. The first kappa shape index (κ1) is 9.68. The fourth-order valence-electron chi connectivity index (χ4n) is 0.904. The summed E-state index contributed by atoms with van der Waals surface area (Å²) in [6.07, 6.45) is 4.56. The molecule has 0 bridgehead atoms. The maximum atomic E-state index is 5.77. The van der Waals surface area contributed by atoms with Crippen molar-refractivity contribution in [2.24, 2.45) is 0 Å². The first-order chi connectivity index (χ1) is 5.74. The van der Waals surface area contributed by atoms with E-state index in [2.05, 4.69) is 11.2 Å². The topological polar surface area (TPSA) is 38.9 Å². The van der Waals surface area contributed by atoms with Crippen LogP contribution in [0.3, 0.4) is 0 Å². The lowest BCUT2D eigenvalue weighted by Gasteiger charge is -2.03. The van der Waals surface area contributed by atoms with Crippen molar-refractivity contribution < 1.29 is 0 Å². The lowest BCUT2D eigenvalue weighted by molar-refractivity contribution is 1.13. The molecule has 1 heterocycles. The van der Waals surface area contributed by atoms with Gasteiger partial charge in [0.2, 0.25) is 0 Å². The third-order valence-electron chi connectivity index (χ3n) is 1.54. The zero-order valence-corrected chi connectivity index (χ0v) is 8.45. The zero-order chi connectivity index (χ0) is 8.97. The van der Waals surface area contributed by atoms with E-state index in [-0.39, 0.29) is 0 Å². The first-order valence-electron chi connectivity index (χ1n) is 3.63. The largest absolute Gasteiger partial charge is 0.383 e. The van der Waals surface area contributed by atoms with E-state index < -0.39 is 0 Å². The summed E-state index contributed by atoms with van der Waals surface area (Å²) in [4.78, 5) is 3.97. The van der Waals surface area contributed by atoms with E-state index in [1.807, 2.05) is 6.07 Å². The smallest absolute Gasteiger partial charge is 0.126 e. The molecular formula is C8H11ClN2S. The monoisotopic (exact) mass is 202 g/mol. The number of hydrogen-bond acceptors (Lipinski definition) is 3. The molecule has 0 fully saturated rings. The molecule has 0 aliphatic carbocycles. The van der Waals surface area contributed by atoms with Crippen LogP contribution in [0.2, 0.25) is 5.02 Å². The number of aromatic nitrogens is 1. The Kier molecular flexibility index (Phi) is 3.69. The Labute approximate surface area is 81.5 Å². The molecule has 0 spiro atoms. The number of anilines is 1. The number of rotatable bonds is 3. The Morgan fingerprint density at radius 3 is 3.08 bits per heavy atom. The lowest BCUT2D eigenvalue weighted by Crippen LogP contribution is -1.98. The van der Waals surface area contributed by atoms with Crippen molar-refractivity contribution in [1.29, 1.82) is 0 Å². The molecule has 0 unspecified atom stereocenters. The van der Waals surface area contributed by atoms with Crippen LogP contribution < -0.4 is 5.73 Å². The number of thioether (sulfide) groups is 1. The summed E-state index contributed by atoms with van der Waals surface area (Å²) < 4.78 is 0. The van der Waals surface area contributed by atoms with Crippen LogP contribution in [0.25, 0.3) is 0 Å². The highest BCUT2D eigenvalue weighted by molar-refractivity contribution is 7.98. The van der Waals surface area contributed by atoms with Gasteiger partial charge in [-0.3, -0.25) is 0 Å². The predicted molar refractivity (Wildman–Crippen MR) is 55.7 cm³/mol. The Morgan fingerprint density at radius 1 is 1.67 bits per heavy atom. The minimum atomic E-state index is 0.591. The second kappa shape index (κ2) is 4.58. The second-order valence-electron chi connectivity index (χ2n) is 2.44. The van der Waals surface area contributed by atoms with E-state index in [4.69, 9.17) is 17.3 Å². The summed E-state index contributed by atoms with van der Waals surface area (Å²) in [6, 6.07) is 1.88. The molecule has 0 aromatic carbocycles. The van der Waals surface area contributed by atoms with Crippen LogP contribution in [0.5, 0.6) is 0 Å². The maximum Gasteiger partial charge on any atom is 0.126 e. The summed E-state index contributed by atoms with van der Waals surface area (Å²) in [5.41, 5.74) is 6.69. The number of halogens is 1. The first-order valence-corrected chi connectivity index (χ1v) is 5.40. The Morgan fingerprint density at radius 2 is 2.42 bits per heavy atom. The SMILES string of the molecule is CSCCc1cc(Cl)cnc1N. The van der Waals surface area contributed by atoms with Crippen molar-refractivity contribution in [2.45, 2.75) is 6.42 Å². The Bertz CT molecular complexity index is 265. The molecule has 2 nitrogen and oxygen atoms in total. The summed E-state index contributed by atoms with van der Waals surface area (Å²) in [5, 5.41) is 0.653. The van der Waals surface area contributed by atoms with Crippen LogP contribution in [0.4, 0.5) is 5.82 Å². The number of nitrogen functional groups attached to an aromatic ring is 1. The van der Waals surface area contributed by atoms with E-state index in [9.17, 15) is 0 Å². The van der Waals surface area contributed by atoms with Crippen molar-refractivity contribution >= 4 is 29.2 Å². The van der Waals surface area contributed by atoms with E-state index in [1.165, 1.54) is 0 Å². The highest BCUT2D eigenvalue weighted by atomic mass is 35.5. The van der Waals surface area contributed by atoms with Crippen LogP contribution in [0.1, 0.15) is 5.56 Å². The van der Waals surface area contributed by atoms with Gasteiger partial charge in [0.1, 0.15) is 5.82 Å². The summed E-state index contributed by atoms with van der Waals surface area (Å²) >= 11 is 7.56. The summed E-state index contributed by atoms with van der Waals surface area (Å²) in [6.45, 7) is 0. The van der Waals surface area contributed by atoms with E-state index in [1.54, 1.807) is 18.0 Å². The molecule has 4 heteroatoms. The van der Waals surface area contributed by atoms with E-state index in [0.29, 0.717) is 10.8 Å². The average molecular weight is 203 g/mol. The highest BCUT2D eigenvalue weighted by Gasteiger charge is 2.00. The Balaban J connectivity index is 2.75. The number of nitrogens with two attached hydrogens (primary N) is 1. The highest BCUT2D eigenvalue weighted by Crippen LogP contribution is 2.16. The fourth-order valence-corrected chi connectivity index (χ4v) is 1.51. The van der Waals surface area contributed by atoms with Crippen molar-refractivity contribution in [2.75, 3.05) is 17.7 Å². The van der Waals surface area contributed by atoms with Crippen LogP contribution in [-0.4, -0.2) is 17.0 Å². The van der Waals surface area contributed by atoms with E-state index >= 15 is 0 Å². The molecular weight excluding hydrogens is 192 g/mol. The molecule has 12 heavy (non-hydrogen) atoms. The fraction of sp³-hybridized carbons (Fsp3) is 0.375. The van der Waals surface area contributed by atoms with Gasteiger partial charge in [-0.05, 0) is 30.1 Å². The number of hydrogen-bond donors (Lipinski definition) is 1. The quantitative estimate of drug-likeness (QED) is 0.817. The molecule has 66 valence electrons. The van der Waals surface area contributed by atoms with Gasteiger partial charge in [0.05, 0.1) is 5.02 Å². The van der Waals surface area contributed by atoms with Crippen molar-refractivity contribution in [1.82, 2.24) is 4.98 Å². The molecule has 0 saturated heterocycles.